The Balaban J connectivity index is 1.44. The summed E-state index contributed by atoms with van der Waals surface area (Å²) in [4.78, 5) is 26.7. The summed E-state index contributed by atoms with van der Waals surface area (Å²) in [7, 11) is 0. The average Bonchev–Trinajstić information content (AvgIpc) is 3.30. The smallest absolute Gasteiger partial charge is 0.257 e. The molecule has 0 saturated heterocycles. The van der Waals surface area contributed by atoms with Crippen molar-refractivity contribution >= 4 is 45.2 Å². The number of aryl methyl sites for hydroxylation is 3. The van der Waals surface area contributed by atoms with Gasteiger partial charge in [-0.15, -0.1) is 22.7 Å². The quantitative estimate of drug-likeness (QED) is 0.416. The van der Waals surface area contributed by atoms with Crippen LogP contribution in [0.1, 0.15) is 26.6 Å². The largest absolute Gasteiger partial charge is 0.319 e. The van der Waals surface area contributed by atoms with Gasteiger partial charge in [-0.05, 0) is 50.6 Å². The van der Waals surface area contributed by atoms with Gasteiger partial charge in [-0.2, -0.15) is 0 Å². The van der Waals surface area contributed by atoms with Gasteiger partial charge in [0.25, 0.3) is 5.91 Å². The lowest BCUT2D eigenvalue weighted by molar-refractivity contribution is 0.102. The van der Waals surface area contributed by atoms with E-state index in [4.69, 9.17) is 0 Å². The number of anilines is 3. The van der Waals surface area contributed by atoms with E-state index in [0.717, 1.165) is 26.8 Å². The number of hydrogen-bond acceptors (Lipinski definition) is 7. The van der Waals surface area contributed by atoms with Crippen LogP contribution in [0, 0.1) is 26.6 Å². The Bertz CT molecular complexity index is 1220. The maximum atomic E-state index is 13.9. The molecule has 0 aliphatic rings. The van der Waals surface area contributed by atoms with Crippen LogP contribution in [0.15, 0.2) is 41.9 Å². The number of nitrogens with one attached hydrogen (secondary N) is 2. The SMILES string of the molecule is Cc1ccc(NC(=O)c2ccc(Nc3nc(-c4sc(C)nc4C)cs3)nc2)c(F)c1. The molecule has 30 heavy (non-hydrogen) atoms. The third-order valence-corrected chi connectivity index (χ3v) is 6.13. The number of pyridine rings is 1. The highest BCUT2D eigenvalue weighted by Crippen LogP contribution is 2.32. The number of amides is 1. The van der Waals surface area contributed by atoms with E-state index in [0.29, 0.717) is 16.5 Å². The molecule has 0 spiro atoms. The fraction of sp³-hybridized carbons (Fsp3) is 0.143. The lowest BCUT2D eigenvalue weighted by Gasteiger charge is -2.07. The number of rotatable bonds is 5. The van der Waals surface area contributed by atoms with E-state index in [1.54, 1.807) is 36.5 Å². The minimum Gasteiger partial charge on any atom is -0.319 e. The molecule has 4 rings (SSSR count). The maximum absolute atomic E-state index is 13.9. The predicted octanol–water partition coefficient (Wildman–Crippen LogP) is 5.72. The predicted molar refractivity (Wildman–Crippen MR) is 119 cm³/mol. The molecule has 0 atom stereocenters. The highest BCUT2D eigenvalue weighted by molar-refractivity contribution is 7.16. The third-order valence-electron chi connectivity index (χ3n) is 4.27. The van der Waals surface area contributed by atoms with Crippen molar-refractivity contribution in [2.45, 2.75) is 20.8 Å². The summed E-state index contributed by atoms with van der Waals surface area (Å²) in [6.07, 6.45) is 1.44. The topological polar surface area (TPSA) is 79.8 Å². The molecule has 0 aliphatic heterocycles. The monoisotopic (exact) mass is 439 g/mol. The first-order chi connectivity index (χ1) is 14.4. The molecule has 0 aliphatic carbocycles. The minimum absolute atomic E-state index is 0.136. The van der Waals surface area contributed by atoms with Crippen LogP contribution < -0.4 is 10.6 Å². The maximum Gasteiger partial charge on any atom is 0.257 e. The first-order valence-corrected chi connectivity index (χ1v) is 10.8. The van der Waals surface area contributed by atoms with Crippen LogP contribution in [0.2, 0.25) is 0 Å². The Hall–Kier alpha value is -3.17. The van der Waals surface area contributed by atoms with Crippen LogP contribution in [-0.2, 0) is 0 Å². The molecule has 4 aromatic rings. The van der Waals surface area contributed by atoms with Gasteiger partial charge in [-0.25, -0.2) is 19.3 Å². The Labute approximate surface area is 180 Å². The zero-order valence-electron chi connectivity index (χ0n) is 16.5. The van der Waals surface area contributed by atoms with Crippen LogP contribution >= 0.6 is 22.7 Å². The van der Waals surface area contributed by atoms with Gasteiger partial charge in [-0.3, -0.25) is 4.79 Å². The Morgan fingerprint density at radius 3 is 2.60 bits per heavy atom. The van der Waals surface area contributed by atoms with E-state index >= 15 is 0 Å². The van der Waals surface area contributed by atoms with Crippen molar-refractivity contribution in [2.75, 3.05) is 10.6 Å². The van der Waals surface area contributed by atoms with Gasteiger partial charge in [0.05, 0.1) is 32.5 Å². The average molecular weight is 440 g/mol. The molecule has 0 saturated carbocycles. The fourth-order valence-electron chi connectivity index (χ4n) is 2.83. The van der Waals surface area contributed by atoms with E-state index in [1.165, 1.54) is 29.7 Å². The Kier molecular flexibility index (Phi) is 5.56. The summed E-state index contributed by atoms with van der Waals surface area (Å²) in [6.45, 7) is 5.73. The number of carbonyl (C=O) groups is 1. The lowest BCUT2D eigenvalue weighted by atomic mass is 10.2. The van der Waals surface area contributed by atoms with Gasteiger partial charge in [0.2, 0.25) is 0 Å². The van der Waals surface area contributed by atoms with Crippen LogP contribution in [0.25, 0.3) is 10.6 Å². The molecule has 1 amide bonds. The van der Waals surface area contributed by atoms with Crippen LogP contribution in [-0.4, -0.2) is 20.9 Å². The van der Waals surface area contributed by atoms with Gasteiger partial charge in [0.15, 0.2) is 5.13 Å². The number of thiazole rings is 2. The van der Waals surface area contributed by atoms with Crippen molar-refractivity contribution in [3.8, 4) is 10.6 Å². The van der Waals surface area contributed by atoms with E-state index < -0.39 is 11.7 Å². The summed E-state index contributed by atoms with van der Waals surface area (Å²) < 4.78 is 13.9. The fourth-order valence-corrected chi connectivity index (χ4v) is 4.50. The van der Waals surface area contributed by atoms with Crippen LogP contribution in [0.5, 0.6) is 0 Å². The summed E-state index contributed by atoms with van der Waals surface area (Å²) in [5.41, 5.74) is 3.09. The van der Waals surface area contributed by atoms with Crippen LogP contribution in [0.3, 0.4) is 0 Å². The van der Waals surface area contributed by atoms with Gasteiger partial charge < -0.3 is 10.6 Å². The zero-order valence-corrected chi connectivity index (χ0v) is 18.1. The molecule has 0 radical (unpaired) electrons. The molecule has 6 nitrogen and oxygen atoms in total. The van der Waals surface area contributed by atoms with Crippen molar-refractivity contribution in [3.63, 3.8) is 0 Å². The van der Waals surface area contributed by atoms with Crippen LogP contribution in [0.4, 0.5) is 21.0 Å². The molecular weight excluding hydrogens is 421 g/mol. The molecule has 2 N–H and O–H groups in total. The second-order valence-corrected chi connectivity index (χ2v) is 8.74. The van der Waals surface area contributed by atoms with Gasteiger partial charge >= 0.3 is 0 Å². The zero-order chi connectivity index (χ0) is 21.3. The molecule has 9 heteroatoms. The second-order valence-electron chi connectivity index (χ2n) is 6.68. The molecule has 152 valence electrons. The standard InChI is InChI=1S/C21H18FN5OS2/c1-11-4-6-16(15(22)8-11)25-20(28)14-5-7-18(23-9-14)27-21-26-17(10-29-21)19-12(2)24-13(3)30-19/h4-10H,1-3H3,(H,25,28)(H,23,26,27). The van der Waals surface area contributed by atoms with Gasteiger partial charge in [0.1, 0.15) is 11.6 Å². The summed E-state index contributed by atoms with van der Waals surface area (Å²) in [5.74, 6) is -0.337. The van der Waals surface area contributed by atoms with Crippen molar-refractivity contribution in [2.24, 2.45) is 0 Å². The minimum atomic E-state index is -0.472. The van der Waals surface area contributed by atoms with E-state index in [2.05, 4.69) is 25.6 Å². The number of aromatic nitrogens is 3. The van der Waals surface area contributed by atoms with E-state index in [9.17, 15) is 9.18 Å². The highest BCUT2D eigenvalue weighted by atomic mass is 32.1. The Morgan fingerprint density at radius 2 is 1.93 bits per heavy atom. The van der Waals surface area contributed by atoms with Gasteiger partial charge in [0, 0.05) is 11.6 Å². The van der Waals surface area contributed by atoms with E-state index in [1.807, 2.05) is 19.2 Å². The Morgan fingerprint density at radius 1 is 1.10 bits per heavy atom. The molecule has 3 heterocycles. The normalized spacial score (nSPS) is 10.8. The molecule has 0 unspecified atom stereocenters. The summed E-state index contributed by atoms with van der Waals surface area (Å²) in [6, 6.07) is 7.96. The second kappa shape index (κ2) is 8.29. The number of benzene rings is 1. The highest BCUT2D eigenvalue weighted by Gasteiger charge is 2.13. The first kappa shape index (κ1) is 20.1. The van der Waals surface area contributed by atoms with Crippen molar-refractivity contribution in [1.82, 2.24) is 15.0 Å². The molecule has 1 aromatic carbocycles. The number of halogens is 1. The lowest BCUT2D eigenvalue weighted by Crippen LogP contribution is -2.13. The first-order valence-electron chi connectivity index (χ1n) is 9.09. The van der Waals surface area contributed by atoms with Crippen molar-refractivity contribution < 1.29 is 9.18 Å². The van der Waals surface area contributed by atoms with Crippen molar-refractivity contribution in [1.29, 1.82) is 0 Å². The van der Waals surface area contributed by atoms with Crippen molar-refractivity contribution in [3.05, 3.63) is 69.6 Å². The number of hydrogen-bond donors (Lipinski definition) is 2. The molecule has 3 aromatic heterocycles. The summed E-state index contributed by atoms with van der Waals surface area (Å²) in [5, 5.41) is 9.38. The molecular formula is C21H18FN5OS2. The van der Waals surface area contributed by atoms with Gasteiger partial charge in [-0.1, -0.05) is 6.07 Å². The molecule has 0 bridgehead atoms. The number of nitrogens with zero attached hydrogens (tertiary/aromatic N) is 3. The molecule has 0 fully saturated rings. The third kappa shape index (κ3) is 4.37. The van der Waals surface area contributed by atoms with E-state index in [-0.39, 0.29) is 5.69 Å². The summed E-state index contributed by atoms with van der Waals surface area (Å²) >= 11 is 3.08. The number of carbonyl (C=O) groups excluding carboxylic acids is 1.